The molecular weight excluding hydrogens is 312 g/mol. The molecule has 0 aliphatic heterocycles. The predicted molar refractivity (Wildman–Crippen MR) is 71.9 cm³/mol. The maximum absolute atomic E-state index is 8.83. The summed E-state index contributed by atoms with van der Waals surface area (Å²) in [6.45, 7) is 0. The fourth-order valence-electron chi connectivity index (χ4n) is 1.36. The SMILES string of the molecule is COc1cc(C#N)ccc1Oc1ncnc(N)c1Br. The van der Waals surface area contributed by atoms with E-state index in [1.54, 1.807) is 18.2 Å². The van der Waals surface area contributed by atoms with Crippen molar-refractivity contribution in [2.75, 3.05) is 12.8 Å². The van der Waals surface area contributed by atoms with Crippen LogP contribution in [0.3, 0.4) is 0 Å². The van der Waals surface area contributed by atoms with Gasteiger partial charge in [0.05, 0.1) is 18.7 Å². The van der Waals surface area contributed by atoms with Crippen LogP contribution in [0.4, 0.5) is 5.82 Å². The number of hydrogen-bond acceptors (Lipinski definition) is 6. The van der Waals surface area contributed by atoms with Gasteiger partial charge in [0.1, 0.15) is 16.6 Å². The van der Waals surface area contributed by atoms with Gasteiger partial charge < -0.3 is 15.2 Å². The minimum absolute atomic E-state index is 0.274. The van der Waals surface area contributed by atoms with Gasteiger partial charge in [-0.3, -0.25) is 0 Å². The highest BCUT2D eigenvalue weighted by atomic mass is 79.9. The van der Waals surface area contributed by atoms with Crippen LogP contribution in [0, 0.1) is 11.3 Å². The first-order chi connectivity index (χ1) is 9.15. The third-order valence-electron chi connectivity index (χ3n) is 2.28. The molecule has 6 nitrogen and oxygen atoms in total. The second kappa shape index (κ2) is 5.54. The molecule has 1 aromatic carbocycles. The highest BCUT2D eigenvalue weighted by molar-refractivity contribution is 9.10. The summed E-state index contributed by atoms with van der Waals surface area (Å²) in [5.74, 6) is 1.41. The van der Waals surface area contributed by atoms with Crippen molar-refractivity contribution in [1.82, 2.24) is 9.97 Å². The van der Waals surface area contributed by atoms with Gasteiger partial charge in [-0.05, 0) is 28.1 Å². The van der Waals surface area contributed by atoms with Crippen LogP contribution in [0.1, 0.15) is 5.56 Å². The Balaban J connectivity index is 2.38. The predicted octanol–water partition coefficient (Wildman–Crippen LogP) is 2.49. The van der Waals surface area contributed by atoms with Crippen LogP contribution in [0.15, 0.2) is 29.0 Å². The lowest BCUT2D eigenvalue weighted by Crippen LogP contribution is -1.98. The number of benzene rings is 1. The average Bonchev–Trinajstić information content (AvgIpc) is 2.44. The topological polar surface area (TPSA) is 94.0 Å². The molecule has 0 aliphatic rings. The van der Waals surface area contributed by atoms with Crippen LogP contribution in [-0.4, -0.2) is 17.1 Å². The molecule has 19 heavy (non-hydrogen) atoms. The van der Waals surface area contributed by atoms with Gasteiger partial charge in [-0.25, -0.2) is 9.97 Å². The van der Waals surface area contributed by atoms with Gasteiger partial charge in [-0.2, -0.15) is 5.26 Å². The van der Waals surface area contributed by atoms with Crippen molar-refractivity contribution in [1.29, 1.82) is 5.26 Å². The normalized spacial score (nSPS) is 9.74. The number of nitrogens with two attached hydrogens (primary N) is 1. The zero-order valence-corrected chi connectivity index (χ0v) is 11.5. The second-order valence-corrected chi connectivity index (χ2v) is 4.25. The average molecular weight is 321 g/mol. The van der Waals surface area contributed by atoms with Crippen molar-refractivity contribution in [2.24, 2.45) is 0 Å². The van der Waals surface area contributed by atoms with Gasteiger partial charge in [-0.15, -0.1) is 0 Å². The summed E-state index contributed by atoms with van der Waals surface area (Å²) in [7, 11) is 1.49. The standard InChI is InChI=1S/C12H9BrN4O2/c1-18-9-4-7(5-14)2-3-8(9)19-12-10(13)11(15)16-6-17-12/h2-4,6H,1H3,(H2,15,16,17). The molecule has 2 aromatic rings. The first-order valence-electron chi connectivity index (χ1n) is 5.17. The smallest absolute Gasteiger partial charge is 0.239 e. The number of nitrogen functional groups attached to an aromatic ring is 1. The molecule has 0 amide bonds. The second-order valence-electron chi connectivity index (χ2n) is 3.46. The van der Waals surface area contributed by atoms with Crippen LogP contribution in [0.25, 0.3) is 0 Å². The van der Waals surface area contributed by atoms with E-state index in [9.17, 15) is 0 Å². The number of ether oxygens (including phenoxy) is 2. The van der Waals surface area contributed by atoms with E-state index in [1.165, 1.54) is 13.4 Å². The van der Waals surface area contributed by atoms with E-state index in [0.717, 1.165) is 0 Å². The summed E-state index contributed by atoms with van der Waals surface area (Å²) in [4.78, 5) is 7.79. The van der Waals surface area contributed by atoms with Crippen molar-refractivity contribution >= 4 is 21.7 Å². The van der Waals surface area contributed by atoms with E-state index in [0.29, 0.717) is 21.5 Å². The summed E-state index contributed by atoms with van der Waals surface area (Å²) in [5.41, 5.74) is 6.12. The summed E-state index contributed by atoms with van der Waals surface area (Å²) in [6.07, 6.45) is 1.30. The van der Waals surface area contributed by atoms with Gasteiger partial charge >= 0.3 is 0 Å². The number of nitriles is 1. The molecule has 0 saturated heterocycles. The quantitative estimate of drug-likeness (QED) is 0.933. The molecule has 0 atom stereocenters. The zero-order valence-electron chi connectivity index (χ0n) is 9.92. The lowest BCUT2D eigenvalue weighted by molar-refractivity contribution is 0.373. The molecular formula is C12H9BrN4O2. The first kappa shape index (κ1) is 13.1. The molecule has 1 heterocycles. The van der Waals surface area contributed by atoms with Crippen LogP contribution < -0.4 is 15.2 Å². The Morgan fingerprint density at radius 2 is 2.11 bits per heavy atom. The maximum atomic E-state index is 8.83. The van der Waals surface area contributed by atoms with E-state index in [2.05, 4.69) is 25.9 Å². The van der Waals surface area contributed by atoms with Gasteiger partial charge in [0.25, 0.3) is 0 Å². The van der Waals surface area contributed by atoms with E-state index in [-0.39, 0.29) is 11.7 Å². The Bertz CT molecular complexity index is 655. The minimum Gasteiger partial charge on any atom is -0.493 e. The lowest BCUT2D eigenvalue weighted by Gasteiger charge is -2.11. The molecule has 0 aliphatic carbocycles. The van der Waals surface area contributed by atoms with Crippen molar-refractivity contribution in [2.45, 2.75) is 0 Å². The number of anilines is 1. The fourth-order valence-corrected chi connectivity index (χ4v) is 1.65. The van der Waals surface area contributed by atoms with E-state index < -0.39 is 0 Å². The Hall–Kier alpha value is -2.33. The highest BCUT2D eigenvalue weighted by Gasteiger charge is 2.12. The first-order valence-corrected chi connectivity index (χ1v) is 5.97. The third kappa shape index (κ3) is 2.74. The minimum atomic E-state index is 0.274. The maximum Gasteiger partial charge on any atom is 0.239 e. The molecule has 0 unspecified atom stereocenters. The molecule has 0 bridgehead atoms. The molecule has 0 saturated carbocycles. The monoisotopic (exact) mass is 320 g/mol. The van der Waals surface area contributed by atoms with Gasteiger partial charge in [0.2, 0.25) is 5.88 Å². The fraction of sp³-hybridized carbons (Fsp3) is 0.0833. The van der Waals surface area contributed by atoms with Gasteiger partial charge in [0.15, 0.2) is 11.5 Å². The Kier molecular flexibility index (Phi) is 3.82. The van der Waals surface area contributed by atoms with Crippen molar-refractivity contribution in [3.8, 4) is 23.4 Å². The molecule has 96 valence electrons. The summed E-state index contributed by atoms with van der Waals surface area (Å²) in [6, 6.07) is 6.85. The number of methoxy groups -OCH3 is 1. The number of nitrogens with zero attached hydrogens (tertiary/aromatic N) is 3. The number of hydrogen-bond donors (Lipinski definition) is 1. The van der Waals surface area contributed by atoms with Gasteiger partial charge in [-0.1, -0.05) is 0 Å². The summed E-state index contributed by atoms with van der Waals surface area (Å²) >= 11 is 3.24. The van der Waals surface area contributed by atoms with E-state index >= 15 is 0 Å². The Labute approximate surface area is 117 Å². The van der Waals surface area contributed by atoms with Crippen molar-refractivity contribution in [3.05, 3.63) is 34.6 Å². The Morgan fingerprint density at radius 3 is 2.79 bits per heavy atom. The lowest BCUT2D eigenvalue weighted by atomic mass is 10.2. The van der Waals surface area contributed by atoms with Crippen LogP contribution in [-0.2, 0) is 0 Å². The van der Waals surface area contributed by atoms with Crippen molar-refractivity contribution < 1.29 is 9.47 Å². The highest BCUT2D eigenvalue weighted by Crippen LogP contribution is 2.35. The molecule has 2 rings (SSSR count). The van der Waals surface area contributed by atoms with Crippen LogP contribution in [0.5, 0.6) is 17.4 Å². The molecule has 7 heteroatoms. The van der Waals surface area contributed by atoms with E-state index in [4.69, 9.17) is 20.5 Å². The van der Waals surface area contributed by atoms with Crippen molar-refractivity contribution in [3.63, 3.8) is 0 Å². The molecule has 0 spiro atoms. The number of aromatic nitrogens is 2. The van der Waals surface area contributed by atoms with Gasteiger partial charge in [0, 0.05) is 6.07 Å². The molecule has 0 radical (unpaired) electrons. The number of rotatable bonds is 3. The van der Waals surface area contributed by atoms with Crippen LogP contribution in [0.2, 0.25) is 0 Å². The molecule has 1 aromatic heterocycles. The summed E-state index contributed by atoms with van der Waals surface area (Å²) in [5, 5.41) is 8.83. The molecule has 2 N–H and O–H groups in total. The van der Waals surface area contributed by atoms with E-state index in [1.807, 2.05) is 6.07 Å². The zero-order chi connectivity index (χ0) is 13.8. The molecule has 0 fully saturated rings. The number of halogens is 1. The Morgan fingerprint density at radius 1 is 1.32 bits per heavy atom. The largest absolute Gasteiger partial charge is 0.493 e. The van der Waals surface area contributed by atoms with Crippen LogP contribution >= 0.6 is 15.9 Å². The summed E-state index contributed by atoms with van der Waals surface area (Å²) < 4.78 is 11.2. The third-order valence-corrected chi connectivity index (χ3v) is 3.03.